The van der Waals surface area contributed by atoms with E-state index in [0.717, 1.165) is 28.2 Å². The molecule has 0 aromatic heterocycles. The summed E-state index contributed by atoms with van der Waals surface area (Å²) in [6, 6.07) is 14.8. The summed E-state index contributed by atoms with van der Waals surface area (Å²) in [5.74, 6) is -1.79. The smallest absolute Gasteiger partial charge is 0.229 e. The highest BCUT2D eigenvalue weighted by Crippen LogP contribution is 2.37. The number of hydrogen-bond acceptors (Lipinski definition) is 5. The Balaban J connectivity index is 0.00000300. The van der Waals surface area contributed by atoms with E-state index in [1.165, 1.54) is 17.8 Å². The SMILES string of the molecule is CS(=O)(=O)Nc1ccc(Sc2ccc(N)cc2)cc1Oc1ccc(F)cc1F.Cl. The first-order valence-electron chi connectivity index (χ1n) is 7.98. The van der Waals surface area contributed by atoms with Crippen molar-refractivity contribution in [2.45, 2.75) is 9.79 Å². The molecule has 0 aliphatic carbocycles. The number of hydrogen-bond donors (Lipinski definition) is 2. The zero-order valence-electron chi connectivity index (χ0n) is 15.1. The lowest BCUT2D eigenvalue weighted by molar-refractivity contribution is 0.438. The standard InChI is InChI=1S/C19H16F2N2O3S2.ClH/c1-28(24,25)23-17-8-7-15(27-14-5-3-13(22)4-6-14)11-19(17)26-18-9-2-12(20)10-16(18)21;/h2-11,23H,22H2,1H3;1H. The molecule has 10 heteroatoms. The summed E-state index contributed by atoms with van der Waals surface area (Å²) in [6.45, 7) is 0. The Labute approximate surface area is 177 Å². The van der Waals surface area contributed by atoms with Crippen molar-refractivity contribution in [3.8, 4) is 11.5 Å². The fourth-order valence-corrected chi connectivity index (χ4v) is 3.70. The minimum Gasteiger partial charge on any atom is -0.452 e. The molecule has 5 nitrogen and oxygen atoms in total. The molecule has 0 aliphatic rings. The molecule has 0 fully saturated rings. The number of nitrogen functional groups attached to an aromatic ring is 1. The molecule has 0 bridgehead atoms. The van der Waals surface area contributed by atoms with Crippen molar-refractivity contribution in [3.63, 3.8) is 0 Å². The summed E-state index contributed by atoms with van der Waals surface area (Å²) in [4.78, 5) is 1.62. The van der Waals surface area contributed by atoms with E-state index in [0.29, 0.717) is 11.8 Å². The van der Waals surface area contributed by atoms with Crippen LogP contribution in [0.15, 0.2) is 70.5 Å². The predicted molar refractivity (Wildman–Crippen MR) is 114 cm³/mol. The summed E-state index contributed by atoms with van der Waals surface area (Å²) < 4.78 is 58.2. The molecule has 0 unspecified atom stereocenters. The molecule has 0 radical (unpaired) electrons. The molecule has 0 spiro atoms. The quantitative estimate of drug-likeness (QED) is 0.491. The molecular weight excluding hydrogens is 442 g/mol. The van der Waals surface area contributed by atoms with Gasteiger partial charge in [-0.05, 0) is 54.6 Å². The van der Waals surface area contributed by atoms with Crippen molar-refractivity contribution in [1.29, 1.82) is 0 Å². The minimum atomic E-state index is -3.59. The molecule has 0 saturated carbocycles. The topological polar surface area (TPSA) is 81.4 Å². The number of ether oxygens (including phenoxy) is 1. The normalized spacial score (nSPS) is 10.9. The van der Waals surface area contributed by atoms with Gasteiger partial charge >= 0.3 is 0 Å². The van der Waals surface area contributed by atoms with Gasteiger partial charge in [-0.25, -0.2) is 17.2 Å². The zero-order valence-corrected chi connectivity index (χ0v) is 17.5. The van der Waals surface area contributed by atoms with Gasteiger partial charge in [0.05, 0.1) is 11.9 Å². The van der Waals surface area contributed by atoms with Crippen LogP contribution < -0.4 is 15.2 Å². The van der Waals surface area contributed by atoms with E-state index in [4.69, 9.17) is 10.5 Å². The Morgan fingerprint density at radius 3 is 2.21 bits per heavy atom. The summed E-state index contributed by atoms with van der Waals surface area (Å²) in [5.41, 5.74) is 6.44. The largest absolute Gasteiger partial charge is 0.452 e. The van der Waals surface area contributed by atoms with Crippen LogP contribution >= 0.6 is 24.2 Å². The molecule has 3 rings (SSSR count). The average Bonchev–Trinajstić information content (AvgIpc) is 2.60. The third kappa shape index (κ3) is 6.52. The first kappa shape index (κ1) is 22.8. The molecule has 0 atom stereocenters. The molecule has 0 amide bonds. The number of halogens is 3. The van der Waals surface area contributed by atoms with Crippen LogP contribution in [0.3, 0.4) is 0 Å². The van der Waals surface area contributed by atoms with Gasteiger partial charge in [0.1, 0.15) is 5.82 Å². The van der Waals surface area contributed by atoms with Gasteiger partial charge in [0.15, 0.2) is 17.3 Å². The average molecular weight is 459 g/mol. The predicted octanol–water partition coefficient (Wildman–Crippen LogP) is 5.28. The van der Waals surface area contributed by atoms with Crippen molar-refractivity contribution >= 4 is 45.6 Å². The second kappa shape index (κ2) is 9.34. The molecule has 0 aliphatic heterocycles. The van der Waals surface area contributed by atoms with Crippen LogP contribution in [0.1, 0.15) is 0 Å². The highest BCUT2D eigenvalue weighted by Gasteiger charge is 2.14. The van der Waals surface area contributed by atoms with Crippen molar-refractivity contribution in [2.24, 2.45) is 0 Å². The number of anilines is 2. The van der Waals surface area contributed by atoms with Gasteiger partial charge in [-0.15, -0.1) is 12.4 Å². The van der Waals surface area contributed by atoms with Gasteiger partial charge in [0, 0.05) is 21.5 Å². The van der Waals surface area contributed by atoms with Gasteiger partial charge < -0.3 is 10.5 Å². The fourth-order valence-electron chi connectivity index (χ4n) is 2.28. The molecular formula is C19H17ClF2N2O3S2. The molecule has 29 heavy (non-hydrogen) atoms. The molecule has 3 aromatic carbocycles. The van der Waals surface area contributed by atoms with Crippen LogP contribution in [0.25, 0.3) is 0 Å². The third-order valence-electron chi connectivity index (χ3n) is 3.48. The summed E-state index contributed by atoms with van der Waals surface area (Å²) in [5, 5.41) is 0. The summed E-state index contributed by atoms with van der Waals surface area (Å²) in [6.07, 6.45) is 0.992. The van der Waals surface area contributed by atoms with Crippen LogP contribution in [0.5, 0.6) is 11.5 Å². The molecule has 0 heterocycles. The molecule has 0 saturated heterocycles. The van der Waals surface area contributed by atoms with Crippen LogP contribution in [0.4, 0.5) is 20.2 Å². The summed E-state index contributed by atoms with van der Waals surface area (Å²) in [7, 11) is -3.59. The molecule has 3 aromatic rings. The van der Waals surface area contributed by atoms with Gasteiger partial charge in [-0.3, -0.25) is 4.72 Å². The van der Waals surface area contributed by atoms with E-state index >= 15 is 0 Å². The number of benzene rings is 3. The van der Waals surface area contributed by atoms with Crippen molar-refractivity contribution in [2.75, 3.05) is 16.7 Å². The van der Waals surface area contributed by atoms with Crippen LogP contribution in [0.2, 0.25) is 0 Å². The Morgan fingerprint density at radius 1 is 0.931 bits per heavy atom. The van der Waals surface area contributed by atoms with E-state index in [1.54, 1.807) is 24.3 Å². The molecule has 154 valence electrons. The van der Waals surface area contributed by atoms with Crippen molar-refractivity contribution in [1.82, 2.24) is 0 Å². The number of sulfonamides is 1. The number of nitrogens with one attached hydrogen (secondary N) is 1. The monoisotopic (exact) mass is 458 g/mol. The lowest BCUT2D eigenvalue weighted by atomic mass is 10.3. The summed E-state index contributed by atoms with van der Waals surface area (Å²) >= 11 is 1.39. The van der Waals surface area contributed by atoms with Crippen LogP contribution in [0, 0.1) is 11.6 Å². The first-order valence-corrected chi connectivity index (χ1v) is 10.7. The maximum atomic E-state index is 14.0. The van der Waals surface area contributed by atoms with E-state index in [9.17, 15) is 17.2 Å². The van der Waals surface area contributed by atoms with E-state index < -0.39 is 21.7 Å². The second-order valence-electron chi connectivity index (χ2n) is 5.88. The van der Waals surface area contributed by atoms with E-state index in [2.05, 4.69) is 4.72 Å². The van der Waals surface area contributed by atoms with Gasteiger partial charge in [0.25, 0.3) is 0 Å². The second-order valence-corrected chi connectivity index (χ2v) is 8.78. The van der Waals surface area contributed by atoms with Crippen LogP contribution in [-0.2, 0) is 10.0 Å². The Bertz CT molecular complexity index is 1110. The van der Waals surface area contributed by atoms with Crippen LogP contribution in [-0.4, -0.2) is 14.7 Å². The van der Waals surface area contributed by atoms with E-state index in [1.807, 2.05) is 12.1 Å². The van der Waals surface area contributed by atoms with E-state index in [-0.39, 0.29) is 29.6 Å². The minimum absolute atomic E-state index is 0. The first-order chi connectivity index (χ1) is 13.2. The van der Waals surface area contributed by atoms with Gasteiger partial charge in [-0.1, -0.05) is 11.8 Å². The maximum Gasteiger partial charge on any atom is 0.229 e. The van der Waals surface area contributed by atoms with Crippen molar-refractivity contribution < 1.29 is 21.9 Å². The Hall–Kier alpha value is -2.49. The Morgan fingerprint density at radius 2 is 1.59 bits per heavy atom. The Kier molecular flexibility index (Phi) is 7.34. The van der Waals surface area contributed by atoms with Gasteiger partial charge in [0.2, 0.25) is 10.0 Å². The fraction of sp³-hybridized carbons (Fsp3) is 0.0526. The lowest BCUT2D eigenvalue weighted by Gasteiger charge is -2.14. The van der Waals surface area contributed by atoms with Crippen molar-refractivity contribution in [3.05, 3.63) is 72.3 Å². The number of nitrogens with two attached hydrogens (primary N) is 1. The van der Waals surface area contributed by atoms with Gasteiger partial charge in [-0.2, -0.15) is 0 Å². The number of rotatable bonds is 6. The highest BCUT2D eigenvalue weighted by atomic mass is 35.5. The lowest BCUT2D eigenvalue weighted by Crippen LogP contribution is -2.10. The highest BCUT2D eigenvalue weighted by molar-refractivity contribution is 7.99. The zero-order chi connectivity index (χ0) is 20.3. The molecule has 3 N–H and O–H groups in total. The maximum absolute atomic E-state index is 14.0. The third-order valence-corrected chi connectivity index (χ3v) is 5.07.